The van der Waals surface area contributed by atoms with Crippen LogP contribution in [0.25, 0.3) is 0 Å². The molecule has 0 N–H and O–H groups in total. The van der Waals surface area contributed by atoms with Gasteiger partial charge in [0, 0.05) is 36.2 Å². The van der Waals surface area contributed by atoms with Crippen LogP contribution in [0.2, 0.25) is 0 Å². The molecule has 1 spiro atoms. The molecule has 2 aliphatic rings. The molecule has 1 atom stereocenters. The van der Waals surface area contributed by atoms with Crippen LogP contribution in [0.15, 0.2) is 24.5 Å². The van der Waals surface area contributed by atoms with Gasteiger partial charge in [-0.1, -0.05) is 0 Å². The number of pyridine rings is 1. The number of sulfonamides is 1. The second-order valence-electron chi connectivity index (χ2n) is 5.99. The summed E-state index contributed by atoms with van der Waals surface area (Å²) in [5.41, 5.74) is 0. The highest BCUT2D eigenvalue weighted by atomic mass is 32.2. The van der Waals surface area contributed by atoms with E-state index < -0.39 is 10.0 Å². The van der Waals surface area contributed by atoms with Crippen LogP contribution in [0, 0.1) is 0 Å². The Balaban J connectivity index is 1.57. The van der Waals surface area contributed by atoms with Gasteiger partial charge < -0.3 is 4.74 Å². The molecule has 7 heteroatoms. The standard InChI is InChI=1S/C14H20N2O3S2/c1-11(2)21(17,18)16-9-14(10-16)6-13(8-20-14)19-12-4-3-5-15-7-12/h3-5,7,11,13H,6,8-10H2,1-2H3. The van der Waals surface area contributed by atoms with Crippen molar-refractivity contribution in [3.05, 3.63) is 24.5 Å². The quantitative estimate of drug-likeness (QED) is 0.843. The van der Waals surface area contributed by atoms with Gasteiger partial charge in [-0.3, -0.25) is 4.98 Å². The molecule has 0 radical (unpaired) electrons. The minimum atomic E-state index is -3.11. The Bertz CT molecular complexity index is 598. The summed E-state index contributed by atoms with van der Waals surface area (Å²) in [7, 11) is -3.11. The van der Waals surface area contributed by atoms with Crippen molar-refractivity contribution in [3.8, 4) is 5.75 Å². The molecule has 116 valence electrons. The number of hydrogen-bond donors (Lipinski definition) is 0. The molecule has 2 fully saturated rings. The van der Waals surface area contributed by atoms with E-state index in [9.17, 15) is 8.42 Å². The van der Waals surface area contributed by atoms with Gasteiger partial charge in [0.05, 0.1) is 11.4 Å². The molecule has 21 heavy (non-hydrogen) atoms. The van der Waals surface area contributed by atoms with Crippen LogP contribution in [-0.4, -0.2) is 52.7 Å². The Labute approximate surface area is 130 Å². The Hall–Kier alpha value is -0.790. The lowest BCUT2D eigenvalue weighted by atomic mass is 9.95. The van der Waals surface area contributed by atoms with Crippen molar-refractivity contribution in [2.45, 2.75) is 36.4 Å². The monoisotopic (exact) mass is 328 g/mol. The van der Waals surface area contributed by atoms with E-state index in [0.717, 1.165) is 17.9 Å². The van der Waals surface area contributed by atoms with Gasteiger partial charge in [0.1, 0.15) is 11.9 Å². The third kappa shape index (κ3) is 2.91. The molecule has 3 heterocycles. The summed E-state index contributed by atoms with van der Waals surface area (Å²) >= 11 is 1.84. The van der Waals surface area contributed by atoms with Crippen LogP contribution >= 0.6 is 11.8 Å². The first-order valence-electron chi connectivity index (χ1n) is 7.11. The van der Waals surface area contributed by atoms with E-state index in [-0.39, 0.29) is 16.1 Å². The van der Waals surface area contributed by atoms with E-state index in [0.29, 0.717) is 13.1 Å². The number of thioether (sulfide) groups is 1. The largest absolute Gasteiger partial charge is 0.488 e. The topological polar surface area (TPSA) is 59.5 Å². The van der Waals surface area contributed by atoms with Gasteiger partial charge in [-0.2, -0.15) is 4.31 Å². The van der Waals surface area contributed by atoms with Crippen molar-refractivity contribution in [1.82, 2.24) is 9.29 Å². The molecule has 0 bridgehead atoms. The normalized spacial score (nSPS) is 25.2. The van der Waals surface area contributed by atoms with Crippen LogP contribution in [0.4, 0.5) is 0 Å². The van der Waals surface area contributed by atoms with Crippen LogP contribution < -0.4 is 4.74 Å². The first kappa shape index (κ1) is 15.1. The summed E-state index contributed by atoms with van der Waals surface area (Å²) in [6.07, 6.45) is 4.48. The molecule has 1 unspecified atom stereocenters. The zero-order valence-corrected chi connectivity index (χ0v) is 13.9. The molecule has 0 saturated carbocycles. The highest BCUT2D eigenvalue weighted by molar-refractivity contribution is 8.01. The Morgan fingerprint density at radius 1 is 1.48 bits per heavy atom. The summed E-state index contributed by atoms with van der Waals surface area (Å²) in [5, 5.41) is -0.344. The molecular formula is C14H20N2O3S2. The van der Waals surface area contributed by atoms with E-state index in [4.69, 9.17) is 4.74 Å². The van der Waals surface area contributed by atoms with Crippen molar-refractivity contribution in [1.29, 1.82) is 0 Å². The average molecular weight is 328 g/mol. The maximum atomic E-state index is 12.1. The number of aromatic nitrogens is 1. The number of ether oxygens (including phenoxy) is 1. The first-order valence-corrected chi connectivity index (χ1v) is 9.60. The highest BCUT2D eigenvalue weighted by Crippen LogP contribution is 2.47. The average Bonchev–Trinajstić information content (AvgIpc) is 2.82. The zero-order valence-electron chi connectivity index (χ0n) is 12.2. The fourth-order valence-corrected chi connectivity index (χ4v) is 5.92. The maximum absolute atomic E-state index is 12.1. The Morgan fingerprint density at radius 2 is 2.24 bits per heavy atom. The number of nitrogens with zero attached hydrogens (tertiary/aromatic N) is 2. The van der Waals surface area contributed by atoms with Gasteiger partial charge in [0.15, 0.2) is 0 Å². The van der Waals surface area contributed by atoms with Crippen molar-refractivity contribution >= 4 is 21.8 Å². The van der Waals surface area contributed by atoms with E-state index >= 15 is 0 Å². The third-order valence-corrected chi connectivity index (χ3v) is 7.74. The van der Waals surface area contributed by atoms with E-state index in [1.165, 1.54) is 0 Å². The molecule has 1 aromatic rings. The molecule has 2 aliphatic heterocycles. The highest BCUT2D eigenvalue weighted by Gasteiger charge is 2.53. The number of rotatable bonds is 4. The lowest BCUT2D eigenvalue weighted by molar-refractivity contribution is 0.158. The summed E-state index contributed by atoms with van der Waals surface area (Å²) in [5.74, 6) is 1.69. The molecular weight excluding hydrogens is 308 g/mol. The molecule has 0 amide bonds. The molecule has 0 aromatic carbocycles. The van der Waals surface area contributed by atoms with Crippen LogP contribution in [0.1, 0.15) is 20.3 Å². The van der Waals surface area contributed by atoms with E-state index in [1.54, 1.807) is 30.5 Å². The van der Waals surface area contributed by atoms with Crippen LogP contribution in [-0.2, 0) is 10.0 Å². The molecule has 0 aliphatic carbocycles. The SMILES string of the molecule is CC(C)S(=O)(=O)N1CC2(CC(Oc3cccnc3)CS2)C1. The van der Waals surface area contributed by atoms with Gasteiger partial charge in [-0.25, -0.2) is 8.42 Å². The van der Waals surface area contributed by atoms with Crippen LogP contribution in [0.3, 0.4) is 0 Å². The summed E-state index contributed by atoms with van der Waals surface area (Å²) in [6.45, 7) is 4.70. The van der Waals surface area contributed by atoms with Gasteiger partial charge in [0.2, 0.25) is 10.0 Å². The van der Waals surface area contributed by atoms with Gasteiger partial charge >= 0.3 is 0 Å². The van der Waals surface area contributed by atoms with E-state index in [1.807, 2.05) is 23.9 Å². The third-order valence-electron chi connectivity index (χ3n) is 4.00. The lowest BCUT2D eigenvalue weighted by Gasteiger charge is -2.46. The second-order valence-corrected chi connectivity index (χ2v) is 9.97. The predicted molar refractivity (Wildman–Crippen MR) is 84.1 cm³/mol. The van der Waals surface area contributed by atoms with Gasteiger partial charge in [-0.05, 0) is 26.0 Å². The smallest absolute Gasteiger partial charge is 0.216 e. The van der Waals surface area contributed by atoms with Gasteiger partial charge in [0.25, 0.3) is 0 Å². The fraction of sp³-hybridized carbons (Fsp3) is 0.643. The predicted octanol–water partition coefficient (Wildman–Crippen LogP) is 1.76. The van der Waals surface area contributed by atoms with Crippen molar-refractivity contribution in [2.75, 3.05) is 18.8 Å². The zero-order chi connectivity index (χ0) is 15.1. The van der Waals surface area contributed by atoms with Crippen molar-refractivity contribution in [2.24, 2.45) is 0 Å². The summed E-state index contributed by atoms with van der Waals surface area (Å²) in [6, 6.07) is 3.76. The Kier molecular flexibility index (Phi) is 3.92. The second kappa shape index (κ2) is 5.44. The number of hydrogen-bond acceptors (Lipinski definition) is 5. The first-order chi connectivity index (χ1) is 9.91. The maximum Gasteiger partial charge on any atom is 0.216 e. The van der Waals surface area contributed by atoms with Crippen molar-refractivity contribution in [3.63, 3.8) is 0 Å². The summed E-state index contributed by atoms with van der Waals surface area (Å²) in [4.78, 5) is 4.04. The summed E-state index contributed by atoms with van der Waals surface area (Å²) < 4.78 is 31.8. The molecule has 1 aromatic heterocycles. The molecule has 3 rings (SSSR count). The minimum absolute atomic E-state index is 0.0504. The molecule has 5 nitrogen and oxygen atoms in total. The van der Waals surface area contributed by atoms with Gasteiger partial charge in [-0.15, -0.1) is 11.8 Å². The molecule has 2 saturated heterocycles. The van der Waals surface area contributed by atoms with Crippen LogP contribution in [0.5, 0.6) is 5.75 Å². The van der Waals surface area contributed by atoms with Crippen molar-refractivity contribution < 1.29 is 13.2 Å². The van der Waals surface area contributed by atoms with E-state index in [2.05, 4.69) is 4.98 Å². The Morgan fingerprint density at radius 3 is 2.86 bits per heavy atom. The fourth-order valence-electron chi connectivity index (χ4n) is 2.78. The lowest BCUT2D eigenvalue weighted by Crippen LogP contribution is -2.61. The minimum Gasteiger partial charge on any atom is -0.488 e.